The van der Waals surface area contributed by atoms with Crippen LogP contribution in [0.15, 0.2) is 66.7 Å². The number of rotatable bonds is 6. The smallest absolute Gasteiger partial charge is 0.411 e. The average molecular weight is 474 g/mol. The van der Waals surface area contributed by atoms with Gasteiger partial charge in [0.15, 0.2) is 5.82 Å². The topological polar surface area (TPSA) is 105 Å². The predicted octanol–water partition coefficient (Wildman–Crippen LogP) is 4.78. The summed E-state index contributed by atoms with van der Waals surface area (Å²) in [7, 11) is 0. The molecule has 0 radical (unpaired) electrons. The first-order valence-electron chi connectivity index (χ1n) is 11.4. The lowest BCUT2D eigenvalue weighted by molar-refractivity contribution is -0.145. The molecule has 5 rings (SSSR count). The number of carbonyl (C=O) groups is 3. The lowest BCUT2D eigenvalue weighted by Crippen LogP contribution is -2.46. The fourth-order valence-electron chi connectivity index (χ4n) is 4.75. The van der Waals surface area contributed by atoms with Crippen molar-refractivity contribution in [2.24, 2.45) is 5.92 Å². The molecule has 3 N–H and O–H groups in total. The number of aliphatic carboxylic acids is 1. The van der Waals surface area contributed by atoms with Gasteiger partial charge in [0.05, 0.1) is 17.2 Å². The van der Waals surface area contributed by atoms with E-state index < -0.39 is 29.7 Å². The van der Waals surface area contributed by atoms with E-state index in [4.69, 9.17) is 9.84 Å². The molecule has 2 aliphatic rings. The molecule has 2 aliphatic carbocycles. The van der Waals surface area contributed by atoms with Gasteiger partial charge in [0, 0.05) is 12.0 Å². The molecule has 0 saturated heterocycles. The van der Waals surface area contributed by atoms with Gasteiger partial charge in [0.2, 0.25) is 0 Å². The van der Waals surface area contributed by atoms with Gasteiger partial charge in [0.25, 0.3) is 5.91 Å². The highest BCUT2D eigenvalue weighted by molar-refractivity contribution is 5.97. The van der Waals surface area contributed by atoms with E-state index in [0.29, 0.717) is 12.8 Å². The number of fused-ring (bicyclic) bond motifs is 3. The van der Waals surface area contributed by atoms with Gasteiger partial charge in [-0.2, -0.15) is 0 Å². The zero-order valence-corrected chi connectivity index (χ0v) is 18.7. The van der Waals surface area contributed by atoms with Crippen LogP contribution in [0.2, 0.25) is 0 Å². The molecule has 0 unspecified atom stereocenters. The molecule has 0 aromatic heterocycles. The van der Waals surface area contributed by atoms with Crippen molar-refractivity contribution in [3.05, 3.63) is 89.2 Å². The zero-order valence-electron chi connectivity index (χ0n) is 18.7. The van der Waals surface area contributed by atoms with Crippen LogP contribution < -0.4 is 10.6 Å². The summed E-state index contributed by atoms with van der Waals surface area (Å²) in [4.78, 5) is 35.9. The van der Waals surface area contributed by atoms with E-state index in [9.17, 15) is 18.8 Å². The lowest BCUT2D eigenvalue weighted by atomic mass is 9.80. The second kappa shape index (κ2) is 9.21. The Bertz CT molecular complexity index is 1270. The first-order valence-corrected chi connectivity index (χ1v) is 11.4. The summed E-state index contributed by atoms with van der Waals surface area (Å²) in [6.45, 7) is 0.0775. The Morgan fingerprint density at radius 1 is 0.914 bits per heavy atom. The Balaban J connectivity index is 1.23. The molecular weight excluding hydrogens is 451 g/mol. The number of benzene rings is 3. The molecule has 2 amide bonds. The highest BCUT2D eigenvalue weighted by atomic mass is 19.1. The molecule has 35 heavy (non-hydrogen) atoms. The monoisotopic (exact) mass is 474 g/mol. The van der Waals surface area contributed by atoms with Gasteiger partial charge < -0.3 is 15.2 Å². The number of halogens is 1. The molecule has 0 bridgehead atoms. The minimum Gasteiger partial charge on any atom is -0.481 e. The number of amides is 2. The summed E-state index contributed by atoms with van der Waals surface area (Å²) < 4.78 is 20.4. The van der Waals surface area contributed by atoms with Gasteiger partial charge in [-0.15, -0.1) is 0 Å². The van der Waals surface area contributed by atoms with E-state index in [1.807, 2.05) is 48.5 Å². The van der Waals surface area contributed by atoms with Crippen molar-refractivity contribution in [2.45, 2.75) is 24.8 Å². The Morgan fingerprint density at radius 2 is 1.54 bits per heavy atom. The van der Waals surface area contributed by atoms with Crippen LogP contribution in [0.25, 0.3) is 11.1 Å². The van der Waals surface area contributed by atoms with Crippen molar-refractivity contribution in [2.75, 3.05) is 11.9 Å². The molecular formula is C27H23FN2O5. The molecule has 0 aliphatic heterocycles. The van der Waals surface area contributed by atoms with Gasteiger partial charge in [-0.1, -0.05) is 54.6 Å². The number of ether oxygens (including phenoxy) is 1. The van der Waals surface area contributed by atoms with Crippen LogP contribution in [0.5, 0.6) is 0 Å². The second-order valence-electron chi connectivity index (χ2n) is 8.79. The van der Waals surface area contributed by atoms with Gasteiger partial charge in [-0.05, 0) is 47.2 Å². The molecule has 0 heterocycles. The van der Waals surface area contributed by atoms with E-state index in [1.54, 1.807) is 0 Å². The Labute approximate surface area is 200 Å². The first-order chi connectivity index (χ1) is 16.9. The third kappa shape index (κ3) is 4.35. The standard InChI is InChI=1S/C27H23FN2O5/c28-24-21(25(31)29-16-12-15(13-16)26(32)33)10-5-11-23(24)30-27(34)35-14-22-19-8-3-1-6-17(19)18-7-2-4-9-20(18)22/h1-11,15-16,22H,12-14H2,(H,29,31)(H,30,34)(H,32,33). The summed E-state index contributed by atoms with van der Waals surface area (Å²) >= 11 is 0. The Kier molecular flexibility index (Phi) is 5.94. The number of hydrogen-bond donors (Lipinski definition) is 3. The van der Waals surface area contributed by atoms with Crippen molar-refractivity contribution >= 4 is 23.7 Å². The molecule has 3 aromatic rings. The fraction of sp³-hybridized carbons (Fsp3) is 0.222. The lowest BCUT2D eigenvalue weighted by Gasteiger charge is -2.32. The van der Waals surface area contributed by atoms with Crippen molar-refractivity contribution in [3.8, 4) is 11.1 Å². The molecule has 0 spiro atoms. The molecule has 1 saturated carbocycles. The molecule has 1 fully saturated rings. The van der Waals surface area contributed by atoms with Crippen LogP contribution in [-0.2, 0) is 9.53 Å². The number of carboxylic acid groups (broad SMARTS) is 1. The van der Waals surface area contributed by atoms with Crippen molar-refractivity contribution in [1.29, 1.82) is 0 Å². The fourth-order valence-corrected chi connectivity index (χ4v) is 4.75. The van der Waals surface area contributed by atoms with E-state index in [1.165, 1.54) is 18.2 Å². The van der Waals surface area contributed by atoms with Crippen LogP contribution >= 0.6 is 0 Å². The third-order valence-corrected chi connectivity index (χ3v) is 6.65. The quantitative estimate of drug-likeness (QED) is 0.477. The minimum absolute atomic E-state index is 0.0775. The van der Waals surface area contributed by atoms with Crippen LogP contribution in [0.1, 0.15) is 40.2 Å². The van der Waals surface area contributed by atoms with Gasteiger partial charge in [-0.3, -0.25) is 14.9 Å². The number of hydrogen-bond acceptors (Lipinski definition) is 4. The van der Waals surface area contributed by atoms with E-state index in [0.717, 1.165) is 22.3 Å². The number of nitrogens with one attached hydrogen (secondary N) is 2. The van der Waals surface area contributed by atoms with Crippen LogP contribution in [0, 0.1) is 11.7 Å². The van der Waals surface area contributed by atoms with Gasteiger partial charge >= 0.3 is 12.1 Å². The maximum atomic E-state index is 15.0. The first kappa shape index (κ1) is 22.6. The number of carbonyl (C=O) groups excluding carboxylic acids is 2. The predicted molar refractivity (Wildman–Crippen MR) is 127 cm³/mol. The van der Waals surface area contributed by atoms with Gasteiger partial charge in [0.1, 0.15) is 6.61 Å². The highest BCUT2D eigenvalue weighted by Gasteiger charge is 2.36. The summed E-state index contributed by atoms with van der Waals surface area (Å²) in [5.41, 5.74) is 3.91. The van der Waals surface area contributed by atoms with Crippen molar-refractivity contribution in [1.82, 2.24) is 5.32 Å². The second-order valence-corrected chi connectivity index (χ2v) is 8.79. The molecule has 178 valence electrons. The molecule has 3 aromatic carbocycles. The van der Waals surface area contributed by atoms with Crippen LogP contribution in [0.3, 0.4) is 0 Å². The van der Waals surface area contributed by atoms with Gasteiger partial charge in [-0.25, -0.2) is 9.18 Å². The molecule has 0 atom stereocenters. The van der Waals surface area contributed by atoms with E-state index >= 15 is 0 Å². The molecule has 8 heteroatoms. The Hall–Kier alpha value is -4.20. The van der Waals surface area contributed by atoms with Crippen molar-refractivity contribution < 1.29 is 28.6 Å². The number of anilines is 1. The van der Waals surface area contributed by atoms with Crippen LogP contribution in [-0.4, -0.2) is 35.7 Å². The molecule has 7 nitrogen and oxygen atoms in total. The average Bonchev–Trinajstić information content (AvgIpc) is 3.14. The minimum atomic E-state index is -0.907. The summed E-state index contributed by atoms with van der Waals surface area (Å²) in [6.07, 6.45) is -0.215. The Morgan fingerprint density at radius 3 is 2.17 bits per heavy atom. The maximum absolute atomic E-state index is 15.0. The largest absolute Gasteiger partial charge is 0.481 e. The van der Waals surface area contributed by atoms with E-state index in [-0.39, 0.29) is 29.8 Å². The normalized spacial score (nSPS) is 18.1. The summed E-state index contributed by atoms with van der Waals surface area (Å²) in [6, 6.07) is 19.7. The highest BCUT2D eigenvalue weighted by Crippen LogP contribution is 2.44. The summed E-state index contributed by atoms with van der Waals surface area (Å²) in [5, 5.41) is 14.0. The van der Waals surface area contributed by atoms with E-state index in [2.05, 4.69) is 10.6 Å². The van der Waals surface area contributed by atoms with Crippen LogP contribution in [0.4, 0.5) is 14.9 Å². The maximum Gasteiger partial charge on any atom is 0.411 e. The third-order valence-electron chi connectivity index (χ3n) is 6.65. The SMILES string of the molecule is O=C(Nc1cccc(C(=O)NC2CC(C(=O)O)C2)c1F)OCC1c2ccccc2-c2ccccc21. The van der Waals surface area contributed by atoms with Crippen molar-refractivity contribution in [3.63, 3.8) is 0 Å². The number of carboxylic acids is 1. The zero-order chi connectivity index (χ0) is 24.5. The summed E-state index contributed by atoms with van der Waals surface area (Å²) in [5.74, 6) is -3.07.